The van der Waals surface area contributed by atoms with Crippen LogP contribution >= 0.6 is 27.5 Å². The van der Waals surface area contributed by atoms with Gasteiger partial charge in [-0.3, -0.25) is 4.90 Å². The lowest BCUT2D eigenvalue weighted by Crippen LogP contribution is -2.25. The Morgan fingerprint density at radius 2 is 2.00 bits per heavy atom. The monoisotopic (exact) mass is 314 g/mol. The Hall–Kier alpha value is -0.0900. The van der Waals surface area contributed by atoms with E-state index in [4.69, 9.17) is 11.6 Å². The molecule has 0 aromatic heterocycles. The molecule has 92 valence electrons. The summed E-state index contributed by atoms with van der Waals surface area (Å²) in [5.41, 5.74) is 1.34. The third-order valence-corrected chi connectivity index (χ3v) is 5.07. The lowest BCUT2D eigenvalue weighted by Gasteiger charge is -2.17. The molecule has 4 heteroatoms. The van der Waals surface area contributed by atoms with Crippen LogP contribution in [0.15, 0.2) is 22.7 Å². The smallest absolute Gasteiger partial charge is 0.0548 e. The Bertz CT molecular complexity index is 412. The number of likely N-dealkylation sites (tertiary alicyclic amines) is 1. The fraction of sp³-hybridized carbons (Fsp3) is 0.538. The highest BCUT2D eigenvalue weighted by Gasteiger charge is 2.35. The van der Waals surface area contributed by atoms with E-state index in [1.54, 1.807) is 0 Å². The van der Waals surface area contributed by atoms with Crippen LogP contribution in [0.2, 0.25) is 5.02 Å². The highest BCUT2D eigenvalue weighted by molar-refractivity contribution is 9.10. The van der Waals surface area contributed by atoms with E-state index in [0.717, 1.165) is 27.9 Å². The molecule has 0 aliphatic carbocycles. The van der Waals surface area contributed by atoms with E-state index in [9.17, 15) is 0 Å². The van der Waals surface area contributed by atoms with Crippen LogP contribution in [0.4, 0.5) is 0 Å². The average molecular weight is 316 g/mol. The Morgan fingerprint density at radius 3 is 2.65 bits per heavy atom. The minimum Gasteiger partial charge on any atom is -0.316 e. The Kier molecular flexibility index (Phi) is 3.44. The molecule has 2 nitrogen and oxygen atoms in total. The molecule has 0 saturated carbocycles. The van der Waals surface area contributed by atoms with Crippen LogP contribution < -0.4 is 5.32 Å². The van der Waals surface area contributed by atoms with Gasteiger partial charge in [-0.25, -0.2) is 0 Å². The molecule has 0 bridgehead atoms. The van der Waals surface area contributed by atoms with E-state index in [2.05, 4.69) is 38.3 Å². The first-order valence-electron chi connectivity index (χ1n) is 6.09. The van der Waals surface area contributed by atoms with Crippen LogP contribution in [0, 0.1) is 11.8 Å². The molecule has 1 aromatic rings. The SMILES string of the molecule is Clc1ccc(CN2C[C@H]3CNC[C@H]3C2)cc1Br. The number of hydrogen-bond acceptors (Lipinski definition) is 2. The summed E-state index contributed by atoms with van der Waals surface area (Å²) < 4.78 is 0.998. The van der Waals surface area contributed by atoms with Crippen LogP contribution in [-0.2, 0) is 6.54 Å². The highest BCUT2D eigenvalue weighted by Crippen LogP contribution is 2.29. The average Bonchev–Trinajstić information content (AvgIpc) is 2.84. The molecule has 2 aliphatic heterocycles. The lowest BCUT2D eigenvalue weighted by atomic mass is 10.0. The number of fused-ring (bicyclic) bond motifs is 1. The van der Waals surface area contributed by atoms with Gasteiger partial charge in [0.05, 0.1) is 5.02 Å². The zero-order chi connectivity index (χ0) is 11.8. The highest BCUT2D eigenvalue weighted by atomic mass is 79.9. The maximum Gasteiger partial charge on any atom is 0.0548 e. The summed E-state index contributed by atoms with van der Waals surface area (Å²) in [6.07, 6.45) is 0. The maximum atomic E-state index is 6.01. The summed E-state index contributed by atoms with van der Waals surface area (Å²) >= 11 is 9.49. The molecule has 0 unspecified atom stereocenters. The molecule has 2 heterocycles. The number of rotatable bonds is 2. The molecular weight excluding hydrogens is 300 g/mol. The second-order valence-corrected chi connectivity index (χ2v) is 6.38. The van der Waals surface area contributed by atoms with Gasteiger partial charge < -0.3 is 5.32 Å². The van der Waals surface area contributed by atoms with Crippen molar-refractivity contribution in [2.75, 3.05) is 26.2 Å². The number of hydrogen-bond donors (Lipinski definition) is 1. The molecule has 0 spiro atoms. The summed E-state index contributed by atoms with van der Waals surface area (Å²) in [4.78, 5) is 2.56. The standard InChI is InChI=1S/C13H16BrClN2/c14-12-3-9(1-2-13(12)15)6-17-7-10-4-16-5-11(10)8-17/h1-3,10-11,16H,4-8H2/t10-,11+. The van der Waals surface area contributed by atoms with Crippen molar-refractivity contribution < 1.29 is 0 Å². The molecule has 0 amide bonds. The van der Waals surface area contributed by atoms with Crippen molar-refractivity contribution in [2.45, 2.75) is 6.54 Å². The van der Waals surface area contributed by atoms with E-state index in [1.807, 2.05) is 6.07 Å². The van der Waals surface area contributed by atoms with Gasteiger partial charge in [-0.2, -0.15) is 0 Å². The summed E-state index contributed by atoms with van der Waals surface area (Å²) in [7, 11) is 0. The van der Waals surface area contributed by atoms with E-state index in [1.165, 1.54) is 31.7 Å². The predicted molar refractivity (Wildman–Crippen MR) is 74.3 cm³/mol. The third kappa shape index (κ3) is 2.53. The van der Waals surface area contributed by atoms with Gasteiger partial charge in [-0.05, 0) is 58.6 Å². The summed E-state index contributed by atoms with van der Waals surface area (Å²) in [5.74, 6) is 1.73. The molecular formula is C13H16BrClN2. The minimum absolute atomic E-state index is 0.788. The predicted octanol–water partition coefficient (Wildman–Crippen LogP) is 2.75. The first-order valence-corrected chi connectivity index (χ1v) is 7.26. The van der Waals surface area contributed by atoms with E-state index >= 15 is 0 Å². The largest absolute Gasteiger partial charge is 0.316 e. The summed E-state index contributed by atoms with van der Waals surface area (Å²) in [6, 6.07) is 6.23. The molecule has 2 aliphatic rings. The first-order chi connectivity index (χ1) is 8.22. The first kappa shape index (κ1) is 12.0. The molecule has 3 rings (SSSR count). The number of halogens is 2. The Balaban J connectivity index is 1.65. The van der Waals surface area contributed by atoms with Crippen molar-refractivity contribution in [2.24, 2.45) is 11.8 Å². The molecule has 1 aromatic carbocycles. The van der Waals surface area contributed by atoms with Gasteiger partial charge in [0.25, 0.3) is 0 Å². The lowest BCUT2D eigenvalue weighted by molar-refractivity contribution is 0.305. The van der Waals surface area contributed by atoms with E-state index < -0.39 is 0 Å². The molecule has 2 fully saturated rings. The summed E-state index contributed by atoms with van der Waals surface area (Å²) in [5, 5.41) is 4.26. The Morgan fingerprint density at radius 1 is 1.29 bits per heavy atom. The molecule has 1 N–H and O–H groups in total. The Labute approximate surface area is 115 Å². The van der Waals surface area contributed by atoms with Crippen LogP contribution in [0.1, 0.15) is 5.56 Å². The van der Waals surface area contributed by atoms with Gasteiger partial charge in [0.1, 0.15) is 0 Å². The van der Waals surface area contributed by atoms with E-state index in [0.29, 0.717) is 0 Å². The van der Waals surface area contributed by atoms with Crippen molar-refractivity contribution in [1.29, 1.82) is 0 Å². The van der Waals surface area contributed by atoms with Crippen molar-refractivity contribution in [3.8, 4) is 0 Å². The van der Waals surface area contributed by atoms with Gasteiger partial charge >= 0.3 is 0 Å². The van der Waals surface area contributed by atoms with E-state index in [-0.39, 0.29) is 0 Å². The second-order valence-electron chi connectivity index (χ2n) is 5.12. The van der Waals surface area contributed by atoms with Gasteiger partial charge in [0.15, 0.2) is 0 Å². The molecule has 2 atom stereocenters. The fourth-order valence-corrected chi connectivity index (χ4v) is 3.52. The van der Waals surface area contributed by atoms with Gasteiger partial charge in [-0.15, -0.1) is 0 Å². The van der Waals surface area contributed by atoms with Crippen molar-refractivity contribution >= 4 is 27.5 Å². The topological polar surface area (TPSA) is 15.3 Å². The second kappa shape index (κ2) is 4.88. The molecule has 2 saturated heterocycles. The molecule has 17 heavy (non-hydrogen) atoms. The van der Waals surface area contributed by atoms with Gasteiger partial charge in [0, 0.05) is 24.1 Å². The number of benzene rings is 1. The minimum atomic E-state index is 0.788. The fourth-order valence-electron chi connectivity index (χ4n) is 2.98. The van der Waals surface area contributed by atoms with Crippen molar-refractivity contribution in [3.05, 3.63) is 33.3 Å². The normalized spacial score (nSPS) is 28.6. The van der Waals surface area contributed by atoms with Gasteiger partial charge in [-0.1, -0.05) is 17.7 Å². The summed E-state index contributed by atoms with van der Waals surface area (Å²) in [6.45, 7) is 5.91. The number of nitrogens with one attached hydrogen (secondary N) is 1. The van der Waals surface area contributed by atoms with Crippen LogP contribution in [0.25, 0.3) is 0 Å². The zero-order valence-electron chi connectivity index (χ0n) is 9.63. The third-order valence-electron chi connectivity index (χ3n) is 3.86. The number of nitrogens with zero attached hydrogens (tertiary/aromatic N) is 1. The zero-order valence-corrected chi connectivity index (χ0v) is 12.0. The van der Waals surface area contributed by atoms with Crippen LogP contribution in [0.3, 0.4) is 0 Å². The van der Waals surface area contributed by atoms with Crippen molar-refractivity contribution in [1.82, 2.24) is 10.2 Å². The quantitative estimate of drug-likeness (QED) is 0.903. The van der Waals surface area contributed by atoms with Crippen molar-refractivity contribution in [3.63, 3.8) is 0 Å². The van der Waals surface area contributed by atoms with Gasteiger partial charge in [0.2, 0.25) is 0 Å². The molecule has 0 radical (unpaired) electrons. The van der Waals surface area contributed by atoms with Crippen LogP contribution in [-0.4, -0.2) is 31.1 Å². The van der Waals surface area contributed by atoms with Crippen LogP contribution in [0.5, 0.6) is 0 Å². The maximum absolute atomic E-state index is 6.01.